The van der Waals surface area contributed by atoms with Gasteiger partial charge in [-0.05, 0) is 11.4 Å². The van der Waals surface area contributed by atoms with E-state index in [1.165, 1.54) is 11.3 Å². The first-order chi connectivity index (χ1) is 7.74. The molecule has 1 rings (SSSR count). The van der Waals surface area contributed by atoms with Gasteiger partial charge in [0, 0.05) is 17.5 Å². The Labute approximate surface area is 97.6 Å². The van der Waals surface area contributed by atoms with Crippen molar-refractivity contribution >= 4 is 23.2 Å². The molecule has 0 atom stereocenters. The van der Waals surface area contributed by atoms with Crippen LogP contribution in [0.1, 0.15) is 16.8 Å². The number of nitrogens with one attached hydrogen (secondary N) is 1. The molecule has 4 nitrogen and oxygen atoms in total. The molecule has 0 aliphatic carbocycles. The maximum absolute atomic E-state index is 11.4. The van der Waals surface area contributed by atoms with Gasteiger partial charge in [-0.3, -0.25) is 9.59 Å². The summed E-state index contributed by atoms with van der Waals surface area (Å²) in [5, 5.41) is 6.17. The number of esters is 1. The minimum Gasteiger partial charge on any atom is -0.452 e. The van der Waals surface area contributed by atoms with Crippen LogP contribution in [0.25, 0.3) is 0 Å². The van der Waals surface area contributed by atoms with Gasteiger partial charge in [0.1, 0.15) is 0 Å². The number of rotatable bonds is 5. The number of carbonyl (C=O) groups excluding carboxylic acids is 2. The SMILES string of the molecule is C#CCOC(=O)CCNC(=O)c1ccsc1. The zero-order chi connectivity index (χ0) is 11.8. The van der Waals surface area contributed by atoms with Crippen LogP contribution in [-0.4, -0.2) is 25.0 Å². The summed E-state index contributed by atoms with van der Waals surface area (Å²) in [5.41, 5.74) is 0.599. The van der Waals surface area contributed by atoms with Crippen molar-refractivity contribution in [3.63, 3.8) is 0 Å². The minimum absolute atomic E-state index is 0.0304. The van der Waals surface area contributed by atoms with Crippen LogP contribution in [0.2, 0.25) is 0 Å². The number of hydrogen-bond donors (Lipinski definition) is 1. The van der Waals surface area contributed by atoms with Crippen molar-refractivity contribution in [3.05, 3.63) is 22.4 Å². The van der Waals surface area contributed by atoms with Crippen LogP contribution in [0.3, 0.4) is 0 Å². The molecule has 0 bridgehead atoms. The monoisotopic (exact) mass is 237 g/mol. The third-order valence-corrected chi connectivity index (χ3v) is 2.40. The van der Waals surface area contributed by atoms with Crippen LogP contribution >= 0.6 is 11.3 Å². The zero-order valence-corrected chi connectivity index (χ0v) is 9.38. The molecular formula is C11H11NO3S. The first kappa shape index (κ1) is 12.3. The van der Waals surface area contributed by atoms with E-state index in [0.717, 1.165) is 0 Å². The lowest BCUT2D eigenvalue weighted by atomic mass is 10.3. The van der Waals surface area contributed by atoms with E-state index >= 15 is 0 Å². The Balaban J connectivity index is 2.19. The molecule has 0 aliphatic heterocycles. The Morgan fingerprint density at radius 3 is 3.00 bits per heavy atom. The van der Waals surface area contributed by atoms with Crippen molar-refractivity contribution in [2.24, 2.45) is 0 Å². The van der Waals surface area contributed by atoms with Crippen LogP contribution in [0.4, 0.5) is 0 Å². The maximum Gasteiger partial charge on any atom is 0.308 e. The van der Waals surface area contributed by atoms with Crippen LogP contribution in [-0.2, 0) is 9.53 Å². The molecule has 1 heterocycles. The molecule has 1 aromatic rings. The van der Waals surface area contributed by atoms with E-state index in [0.29, 0.717) is 5.56 Å². The van der Waals surface area contributed by atoms with Gasteiger partial charge in [-0.15, -0.1) is 6.42 Å². The van der Waals surface area contributed by atoms with Crippen LogP contribution in [0, 0.1) is 12.3 Å². The van der Waals surface area contributed by atoms with Crippen molar-refractivity contribution in [1.29, 1.82) is 0 Å². The second-order valence-electron chi connectivity index (χ2n) is 2.88. The fraction of sp³-hybridized carbons (Fsp3) is 0.273. The normalized spacial score (nSPS) is 9.19. The van der Waals surface area contributed by atoms with Gasteiger partial charge in [0.05, 0.1) is 6.42 Å². The fourth-order valence-electron chi connectivity index (χ4n) is 0.968. The second-order valence-corrected chi connectivity index (χ2v) is 3.66. The Morgan fingerprint density at radius 2 is 2.38 bits per heavy atom. The largest absolute Gasteiger partial charge is 0.452 e. The lowest BCUT2D eigenvalue weighted by Gasteiger charge is -2.03. The number of hydrogen-bond acceptors (Lipinski definition) is 4. The summed E-state index contributed by atoms with van der Waals surface area (Å²) in [4.78, 5) is 22.4. The van der Waals surface area contributed by atoms with E-state index in [1.807, 2.05) is 5.38 Å². The molecule has 0 saturated carbocycles. The van der Waals surface area contributed by atoms with Crippen molar-refractivity contribution in [3.8, 4) is 12.3 Å². The van der Waals surface area contributed by atoms with Crippen molar-refractivity contribution < 1.29 is 14.3 Å². The van der Waals surface area contributed by atoms with Gasteiger partial charge in [-0.1, -0.05) is 5.92 Å². The molecule has 0 fully saturated rings. The van der Waals surface area contributed by atoms with Crippen molar-refractivity contribution in [2.75, 3.05) is 13.2 Å². The molecule has 16 heavy (non-hydrogen) atoms. The topological polar surface area (TPSA) is 55.4 Å². The first-order valence-corrected chi connectivity index (χ1v) is 5.58. The zero-order valence-electron chi connectivity index (χ0n) is 8.56. The van der Waals surface area contributed by atoms with Crippen molar-refractivity contribution in [1.82, 2.24) is 5.32 Å². The van der Waals surface area contributed by atoms with Gasteiger partial charge in [-0.2, -0.15) is 11.3 Å². The van der Waals surface area contributed by atoms with Crippen LogP contribution in [0.5, 0.6) is 0 Å². The number of amides is 1. The van der Waals surface area contributed by atoms with Crippen molar-refractivity contribution in [2.45, 2.75) is 6.42 Å². The number of ether oxygens (including phenoxy) is 1. The van der Waals surface area contributed by atoms with E-state index in [4.69, 9.17) is 6.42 Å². The van der Waals surface area contributed by atoms with Gasteiger partial charge >= 0.3 is 5.97 Å². The molecule has 0 aliphatic rings. The molecular weight excluding hydrogens is 226 g/mol. The molecule has 0 radical (unpaired) electrons. The number of carbonyl (C=O) groups is 2. The molecule has 5 heteroatoms. The maximum atomic E-state index is 11.4. The van der Waals surface area contributed by atoms with E-state index < -0.39 is 5.97 Å². The highest BCUT2D eigenvalue weighted by atomic mass is 32.1. The van der Waals surface area contributed by atoms with Gasteiger partial charge in [-0.25, -0.2) is 0 Å². The molecule has 84 valence electrons. The number of terminal acetylenes is 1. The van der Waals surface area contributed by atoms with E-state index in [1.54, 1.807) is 11.4 Å². The predicted octanol–water partition coefficient (Wildman–Crippen LogP) is 1.04. The quantitative estimate of drug-likeness (QED) is 0.615. The Bertz CT molecular complexity index is 392. The summed E-state index contributed by atoms with van der Waals surface area (Å²) in [6.45, 7) is 0.218. The van der Waals surface area contributed by atoms with Crippen LogP contribution in [0.15, 0.2) is 16.8 Å². The van der Waals surface area contributed by atoms with Gasteiger partial charge in [0.15, 0.2) is 6.61 Å². The smallest absolute Gasteiger partial charge is 0.308 e. The predicted molar refractivity (Wildman–Crippen MR) is 61.1 cm³/mol. The lowest BCUT2D eigenvalue weighted by Crippen LogP contribution is -2.26. The van der Waals surface area contributed by atoms with E-state index in [2.05, 4.69) is 16.0 Å². The highest BCUT2D eigenvalue weighted by molar-refractivity contribution is 7.08. The lowest BCUT2D eigenvalue weighted by molar-refractivity contribution is -0.141. The highest BCUT2D eigenvalue weighted by Gasteiger charge is 2.06. The van der Waals surface area contributed by atoms with Gasteiger partial charge in [0.25, 0.3) is 5.91 Å². The molecule has 0 saturated heterocycles. The standard InChI is InChI=1S/C11H11NO3S/c1-2-6-15-10(13)3-5-12-11(14)9-4-7-16-8-9/h1,4,7-8H,3,5-6H2,(H,12,14). The number of thiophene rings is 1. The third-order valence-electron chi connectivity index (χ3n) is 1.71. The summed E-state index contributed by atoms with van der Waals surface area (Å²) >= 11 is 1.44. The van der Waals surface area contributed by atoms with Gasteiger partial charge < -0.3 is 10.1 Å². The summed E-state index contributed by atoms with van der Waals surface area (Å²) < 4.78 is 4.64. The average Bonchev–Trinajstić information content (AvgIpc) is 2.79. The summed E-state index contributed by atoms with van der Waals surface area (Å²) in [6, 6.07) is 1.72. The van der Waals surface area contributed by atoms with E-state index in [-0.39, 0.29) is 25.5 Å². The molecule has 0 aromatic carbocycles. The molecule has 1 N–H and O–H groups in total. The second kappa shape index (κ2) is 6.64. The Kier molecular flexibility index (Phi) is 5.09. The molecule has 0 spiro atoms. The van der Waals surface area contributed by atoms with Gasteiger partial charge in [0.2, 0.25) is 0 Å². The summed E-state index contributed by atoms with van der Waals surface area (Å²) in [6.07, 6.45) is 5.04. The third kappa shape index (κ3) is 4.15. The fourth-order valence-corrected chi connectivity index (χ4v) is 1.60. The highest BCUT2D eigenvalue weighted by Crippen LogP contribution is 2.05. The minimum atomic E-state index is -0.413. The van der Waals surface area contributed by atoms with Crippen LogP contribution < -0.4 is 5.32 Å². The Hall–Kier alpha value is -1.80. The molecule has 1 aromatic heterocycles. The average molecular weight is 237 g/mol. The summed E-state index contributed by atoms with van der Waals surface area (Å²) in [7, 11) is 0. The first-order valence-electron chi connectivity index (χ1n) is 4.63. The molecule has 0 unspecified atom stereocenters. The Morgan fingerprint density at radius 1 is 1.56 bits per heavy atom. The molecule has 1 amide bonds. The van der Waals surface area contributed by atoms with E-state index in [9.17, 15) is 9.59 Å². The summed E-state index contributed by atoms with van der Waals surface area (Å²) in [5.74, 6) is 1.59.